The Morgan fingerprint density at radius 1 is 1.35 bits per heavy atom. The van der Waals surface area contributed by atoms with Crippen molar-refractivity contribution in [3.8, 4) is 0 Å². The molecule has 0 aliphatic carbocycles. The molecule has 0 saturated heterocycles. The van der Waals surface area contributed by atoms with Crippen LogP contribution >= 0.6 is 0 Å². The van der Waals surface area contributed by atoms with Crippen LogP contribution in [0.3, 0.4) is 0 Å². The van der Waals surface area contributed by atoms with Crippen LogP contribution in [0.1, 0.15) is 24.8 Å². The predicted molar refractivity (Wildman–Crippen MR) is 67.3 cm³/mol. The molecule has 0 unspecified atom stereocenters. The quantitative estimate of drug-likeness (QED) is 0.434. The average molecular weight is 238 g/mol. The van der Waals surface area contributed by atoms with Crippen LogP contribution < -0.4 is 5.32 Å². The highest BCUT2D eigenvalue weighted by Gasteiger charge is 2.15. The Kier molecular flexibility index (Phi) is 5.42. The van der Waals surface area contributed by atoms with Crippen molar-refractivity contribution in [1.29, 1.82) is 0 Å². The molecule has 0 spiro atoms. The molecule has 1 aromatic carbocycles. The zero-order valence-electron chi connectivity index (χ0n) is 9.98. The number of unbranched alkanes of at least 4 members (excludes halogenated alkanes) is 2. The van der Waals surface area contributed by atoms with Gasteiger partial charge in [-0.05, 0) is 32.3 Å². The third kappa shape index (κ3) is 4.03. The highest BCUT2D eigenvalue weighted by molar-refractivity contribution is 5.64. The number of anilines is 1. The van der Waals surface area contributed by atoms with Crippen LogP contribution in [-0.2, 0) is 0 Å². The summed E-state index contributed by atoms with van der Waals surface area (Å²) in [6.45, 7) is 2.62. The molecule has 0 aromatic heterocycles. The van der Waals surface area contributed by atoms with Crippen LogP contribution in [-0.4, -0.2) is 23.2 Å². The molecule has 0 aliphatic heterocycles. The minimum atomic E-state index is -0.356. The van der Waals surface area contributed by atoms with Crippen molar-refractivity contribution in [1.82, 2.24) is 0 Å². The lowest BCUT2D eigenvalue weighted by Crippen LogP contribution is -2.05. The molecular weight excluding hydrogens is 220 g/mol. The summed E-state index contributed by atoms with van der Waals surface area (Å²) < 4.78 is 0. The first-order valence-electron chi connectivity index (χ1n) is 5.75. The third-order valence-electron chi connectivity index (χ3n) is 2.57. The van der Waals surface area contributed by atoms with E-state index < -0.39 is 0 Å². The van der Waals surface area contributed by atoms with E-state index in [0.717, 1.165) is 19.3 Å². The third-order valence-corrected chi connectivity index (χ3v) is 2.57. The van der Waals surface area contributed by atoms with E-state index in [0.29, 0.717) is 17.8 Å². The molecule has 0 bridgehead atoms. The van der Waals surface area contributed by atoms with Gasteiger partial charge in [0.2, 0.25) is 0 Å². The minimum Gasteiger partial charge on any atom is -0.396 e. The van der Waals surface area contributed by atoms with Crippen molar-refractivity contribution in [3.05, 3.63) is 33.9 Å². The van der Waals surface area contributed by atoms with E-state index in [2.05, 4.69) is 5.32 Å². The number of benzene rings is 1. The maximum absolute atomic E-state index is 10.9. The van der Waals surface area contributed by atoms with Gasteiger partial charge < -0.3 is 10.4 Å². The van der Waals surface area contributed by atoms with Crippen LogP contribution in [0.5, 0.6) is 0 Å². The molecule has 17 heavy (non-hydrogen) atoms. The van der Waals surface area contributed by atoms with E-state index in [1.54, 1.807) is 25.1 Å². The molecule has 94 valence electrons. The lowest BCUT2D eigenvalue weighted by Gasteiger charge is -2.08. The summed E-state index contributed by atoms with van der Waals surface area (Å²) in [4.78, 5) is 10.6. The largest absolute Gasteiger partial charge is 0.396 e. The fourth-order valence-electron chi connectivity index (χ4n) is 1.68. The second-order valence-electron chi connectivity index (χ2n) is 3.94. The zero-order chi connectivity index (χ0) is 12.7. The number of nitrogens with zero attached hydrogens (tertiary/aromatic N) is 1. The van der Waals surface area contributed by atoms with Crippen LogP contribution in [0, 0.1) is 17.0 Å². The van der Waals surface area contributed by atoms with Crippen molar-refractivity contribution in [2.24, 2.45) is 0 Å². The van der Waals surface area contributed by atoms with Crippen molar-refractivity contribution in [3.63, 3.8) is 0 Å². The predicted octanol–water partition coefficient (Wildman–Crippen LogP) is 2.48. The average Bonchev–Trinajstić information content (AvgIpc) is 2.28. The van der Waals surface area contributed by atoms with Gasteiger partial charge in [0.25, 0.3) is 5.69 Å². The van der Waals surface area contributed by atoms with Crippen LogP contribution in [0.2, 0.25) is 0 Å². The fourth-order valence-corrected chi connectivity index (χ4v) is 1.68. The maximum atomic E-state index is 10.9. The number of hydrogen-bond acceptors (Lipinski definition) is 4. The summed E-state index contributed by atoms with van der Waals surface area (Å²) >= 11 is 0. The number of aliphatic hydroxyl groups excluding tert-OH is 1. The van der Waals surface area contributed by atoms with E-state index in [1.807, 2.05) is 0 Å². The summed E-state index contributed by atoms with van der Waals surface area (Å²) in [5, 5.41) is 22.6. The molecule has 1 aromatic rings. The van der Waals surface area contributed by atoms with E-state index in [4.69, 9.17) is 5.11 Å². The number of nitro benzene ring substituents is 1. The Morgan fingerprint density at radius 2 is 2.12 bits per heavy atom. The SMILES string of the molecule is Cc1cccc(NCCCCCO)c1[N+](=O)[O-]. The van der Waals surface area contributed by atoms with E-state index >= 15 is 0 Å². The van der Waals surface area contributed by atoms with E-state index in [-0.39, 0.29) is 17.2 Å². The molecule has 0 heterocycles. The van der Waals surface area contributed by atoms with Crippen molar-refractivity contribution in [2.45, 2.75) is 26.2 Å². The minimum absolute atomic E-state index is 0.148. The van der Waals surface area contributed by atoms with Crippen LogP contribution in [0.4, 0.5) is 11.4 Å². The monoisotopic (exact) mass is 238 g/mol. The molecular formula is C12H18N2O3. The molecule has 0 amide bonds. The first-order chi connectivity index (χ1) is 8.16. The Bertz CT molecular complexity index is 380. The molecule has 0 aliphatic rings. The van der Waals surface area contributed by atoms with Gasteiger partial charge in [-0.2, -0.15) is 0 Å². The van der Waals surface area contributed by atoms with Gasteiger partial charge in [0.15, 0.2) is 0 Å². The molecule has 0 atom stereocenters. The van der Waals surface area contributed by atoms with Gasteiger partial charge in [0, 0.05) is 18.7 Å². The number of para-hydroxylation sites is 1. The summed E-state index contributed by atoms with van der Waals surface area (Å²) in [5.41, 5.74) is 1.38. The Hall–Kier alpha value is -1.62. The normalized spacial score (nSPS) is 10.2. The molecule has 5 nitrogen and oxygen atoms in total. The van der Waals surface area contributed by atoms with Gasteiger partial charge in [-0.3, -0.25) is 10.1 Å². The van der Waals surface area contributed by atoms with Gasteiger partial charge in [0.1, 0.15) is 5.69 Å². The number of hydrogen-bond donors (Lipinski definition) is 2. The Labute approximate surface area is 101 Å². The number of aryl methyl sites for hydroxylation is 1. The number of nitro groups is 1. The first kappa shape index (κ1) is 13.4. The summed E-state index contributed by atoms with van der Waals surface area (Å²) in [6, 6.07) is 5.25. The highest BCUT2D eigenvalue weighted by atomic mass is 16.6. The number of rotatable bonds is 7. The summed E-state index contributed by atoms with van der Waals surface area (Å²) in [7, 11) is 0. The smallest absolute Gasteiger partial charge is 0.295 e. The second kappa shape index (κ2) is 6.85. The van der Waals surface area contributed by atoms with Gasteiger partial charge in [-0.25, -0.2) is 0 Å². The lowest BCUT2D eigenvalue weighted by molar-refractivity contribution is -0.384. The van der Waals surface area contributed by atoms with Crippen molar-refractivity contribution < 1.29 is 10.0 Å². The molecule has 0 radical (unpaired) electrons. The number of aliphatic hydroxyl groups is 1. The standard InChI is InChI=1S/C12H18N2O3/c1-10-6-5-7-11(12(10)14(16)17)13-8-3-2-4-9-15/h5-7,13,15H,2-4,8-9H2,1H3. The van der Waals surface area contributed by atoms with Crippen LogP contribution in [0.25, 0.3) is 0 Å². The molecule has 0 fully saturated rings. The second-order valence-corrected chi connectivity index (χ2v) is 3.94. The van der Waals surface area contributed by atoms with Gasteiger partial charge in [0.05, 0.1) is 4.92 Å². The van der Waals surface area contributed by atoms with Gasteiger partial charge in [-0.1, -0.05) is 12.1 Å². The maximum Gasteiger partial charge on any atom is 0.295 e. The number of nitrogens with one attached hydrogen (secondary N) is 1. The summed E-state index contributed by atoms with van der Waals surface area (Å²) in [5.74, 6) is 0. The summed E-state index contributed by atoms with van der Waals surface area (Å²) in [6.07, 6.45) is 2.59. The zero-order valence-corrected chi connectivity index (χ0v) is 9.98. The first-order valence-corrected chi connectivity index (χ1v) is 5.75. The van der Waals surface area contributed by atoms with Crippen molar-refractivity contribution in [2.75, 3.05) is 18.5 Å². The highest BCUT2D eigenvalue weighted by Crippen LogP contribution is 2.27. The van der Waals surface area contributed by atoms with Gasteiger partial charge in [-0.15, -0.1) is 0 Å². The molecule has 1 rings (SSSR count). The molecule has 2 N–H and O–H groups in total. The lowest BCUT2D eigenvalue weighted by atomic mass is 10.1. The van der Waals surface area contributed by atoms with Gasteiger partial charge >= 0.3 is 0 Å². The van der Waals surface area contributed by atoms with Crippen molar-refractivity contribution >= 4 is 11.4 Å². The molecule has 5 heteroatoms. The van der Waals surface area contributed by atoms with E-state index in [9.17, 15) is 10.1 Å². The van der Waals surface area contributed by atoms with Crippen LogP contribution in [0.15, 0.2) is 18.2 Å². The van der Waals surface area contributed by atoms with E-state index in [1.165, 1.54) is 0 Å². The Balaban J connectivity index is 2.58. The fraction of sp³-hybridized carbons (Fsp3) is 0.500. The molecule has 0 saturated carbocycles. The topological polar surface area (TPSA) is 75.4 Å². The Morgan fingerprint density at radius 3 is 2.76 bits per heavy atom.